The minimum absolute atomic E-state index is 0.177. The Hall–Kier alpha value is -2.57. The van der Waals surface area contributed by atoms with E-state index in [1.165, 1.54) is 7.11 Å². The molecule has 19 heavy (non-hydrogen) atoms. The van der Waals surface area contributed by atoms with Gasteiger partial charge in [-0.3, -0.25) is 10.1 Å². The molecule has 2 N–H and O–H groups in total. The number of rotatable bonds is 5. The lowest BCUT2D eigenvalue weighted by molar-refractivity contribution is -0.115. The number of carbonyl (C=O) groups excluding carboxylic acids is 1. The Kier molecular flexibility index (Phi) is 3.97. The Bertz CT molecular complexity index is 568. The smallest absolute Gasteiger partial charge is 0.336 e. The lowest BCUT2D eigenvalue weighted by Gasteiger charge is -2.04. The molecule has 0 saturated heterocycles. The molecular formula is C12H14N4O3. The van der Waals surface area contributed by atoms with Gasteiger partial charge in [-0.1, -0.05) is 12.1 Å². The summed E-state index contributed by atoms with van der Waals surface area (Å²) in [5.74, 6) is 0.767. The number of carbonyl (C=O) groups is 1. The second-order valence-corrected chi connectivity index (χ2v) is 3.75. The fourth-order valence-electron chi connectivity index (χ4n) is 1.54. The number of methoxy groups -OCH3 is 2. The van der Waals surface area contributed by atoms with E-state index < -0.39 is 0 Å². The number of nitrogens with zero attached hydrogens (tertiary/aromatic N) is 2. The van der Waals surface area contributed by atoms with Gasteiger partial charge in [0.15, 0.2) is 0 Å². The molecule has 7 nitrogen and oxygen atoms in total. The molecule has 1 amide bonds. The molecule has 0 aliphatic carbocycles. The number of benzene rings is 1. The average Bonchev–Trinajstić information content (AvgIpc) is 2.86. The molecule has 0 saturated carbocycles. The van der Waals surface area contributed by atoms with Crippen LogP contribution in [0.15, 0.2) is 24.3 Å². The van der Waals surface area contributed by atoms with Gasteiger partial charge in [0.25, 0.3) is 0 Å². The second kappa shape index (κ2) is 5.85. The number of amides is 1. The summed E-state index contributed by atoms with van der Waals surface area (Å²) in [7, 11) is 3.03. The zero-order valence-corrected chi connectivity index (χ0v) is 10.6. The van der Waals surface area contributed by atoms with Gasteiger partial charge in [-0.25, -0.2) is 5.10 Å². The summed E-state index contributed by atoms with van der Waals surface area (Å²) in [6, 6.07) is 7.49. The van der Waals surface area contributed by atoms with E-state index in [-0.39, 0.29) is 24.3 Å². The normalized spacial score (nSPS) is 10.0. The number of ether oxygens (including phenoxy) is 2. The van der Waals surface area contributed by atoms with Crippen LogP contribution in [0.4, 0.5) is 5.95 Å². The summed E-state index contributed by atoms with van der Waals surface area (Å²) < 4.78 is 9.90. The maximum atomic E-state index is 11.8. The summed E-state index contributed by atoms with van der Waals surface area (Å²) in [6.45, 7) is 0. The van der Waals surface area contributed by atoms with Gasteiger partial charge in [0.2, 0.25) is 11.9 Å². The van der Waals surface area contributed by atoms with Crippen molar-refractivity contribution < 1.29 is 14.3 Å². The second-order valence-electron chi connectivity index (χ2n) is 3.75. The highest BCUT2D eigenvalue weighted by atomic mass is 16.5. The van der Waals surface area contributed by atoms with Gasteiger partial charge in [0, 0.05) is 0 Å². The first-order valence-electron chi connectivity index (χ1n) is 5.60. The first-order chi connectivity index (χ1) is 9.21. The van der Waals surface area contributed by atoms with Gasteiger partial charge in [-0.05, 0) is 17.7 Å². The van der Waals surface area contributed by atoms with Gasteiger partial charge in [0.1, 0.15) is 5.75 Å². The number of hydrogen-bond acceptors (Lipinski definition) is 5. The fraction of sp³-hybridized carbons (Fsp3) is 0.250. The van der Waals surface area contributed by atoms with E-state index in [4.69, 9.17) is 9.47 Å². The average molecular weight is 262 g/mol. The zero-order valence-electron chi connectivity index (χ0n) is 10.6. The SMILES string of the molecule is COc1cccc(CC(=O)Nc2nc(OC)n[nH]2)c1. The fourth-order valence-corrected chi connectivity index (χ4v) is 1.54. The number of nitrogens with one attached hydrogen (secondary N) is 2. The highest BCUT2D eigenvalue weighted by Crippen LogP contribution is 2.13. The summed E-state index contributed by atoms with van der Waals surface area (Å²) in [5.41, 5.74) is 0.850. The zero-order chi connectivity index (χ0) is 13.7. The van der Waals surface area contributed by atoms with E-state index in [0.717, 1.165) is 5.56 Å². The van der Waals surface area contributed by atoms with Gasteiger partial charge >= 0.3 is 6.01 Å². The molecule has 0 aliphatic rings. The summed E-state index contributed by atoms with van der Waals surface area (Å²) in [6.07, 6.45) is 0.222. The van der Waals surface area contributed by atoms with Crippen LogP contribution in [0.1, 0.15) is 5.56 Å². The Labute approximate surface area is 110 Å². The summed E-state index contributed by atoms with van der Waals surface area (Å²) in [5, 5.41) is 8.88. The maximum Gasteiger partial charge on any atom is 0.336 e. The van der Waals surface area contributed by atoms with Crippen molar-refractivity contribution in [3.05, 3.63) is 29.8 Å². The van der Waals surface area contributed by atoms with Crippen LogP contribution >= 0.6 is 0 Å². The molecule has 2 aromatic rings. The Morgan fingerprint density at radius 3 is 2.89 bits per heavy atom. The van der Waals surface area contributed by atoms with Crippen LogP contribution in [0, 0.1) is 0 Å². The van der Waals surface area contributed by atoms with Crippen LogP contribution in [0.25, 0.3) is 0 Å². The largest absolute Gasteiger partial charge is 0.497 e. The molecule has 0 atom stereocenters. The number of aromatic nitrogens is 3. The lowest BCUT2D eigenvalue weighted by Crippen LogP contribution is -2.15. The van der Waals surface area contributed by atoms with Crippen LogP contribution in [-0.2, 0) is 11.2 Å². The van der Waals surface area contributed by atoms with Crippen LogP contribution in [0.3, 0.4) is 0 Å². The van der Waals surface area contributed by atoms with E-state index >= 15 is 0 Å². The van der Waals surface area contributed by atoms with Crippen LogP contribution < -0.4 is 14.8 Å². The predicted molar refractivity (Wildman–Crippen MR) is 68.3 cm³/mol. The minimum atomic E-state index is -0.202. The standard InChI is InChI=1S/C12H14N4O3/c1-18-9-5-3-4-8(6-9)7-10(17)13-11-14-12(19-2)16-15-11/h3-6H,7H2,1-2H3,(H2,13,14,15,16,17). The van der Waals surface area contributed by atoms with E-state index in [0.29, 0.717) is 5.75 Å². The van der Waals surface area contributed by atoms with Crippen molar-refractivity contribution >= 4 is 11.9 Å². The van der Waals surface area contributed by atoms with Gasteiger partial charge in [-0.2, -0.15) is 4.98 Å². The maximum absolute atomic E-state index is 11.8. The number of H-pyrrole nitrogens is 1. The van der Waals surface area contributed by atoms with Crippen molar-refractivity contribution in [3.63, 3.8) is 0 Å². The van der Waals surface area contributed by atoms with Crippen molar-refractivity contribution in [1.82, 2.24) is 15.2 Å². The number of hydrogen-bond donors (Lipinski definition) is 2. The van der Waals surface area contributed by atoms with Gasteiger partial charge in [0.05, 0.1) is 20.6 Å². The molecule has 2 rings (SSSR count). The van der Waals surface area contributed by atoms with Crippen LogP contribution in [0.5, 0.6) is 11.8 Å². The third kappa shape index (κ3) is 3.44. The van der Waals surface area contributed by atoms with Gasteiger partial charge < -0.3 is 9.47 Å². The summed E-state index contributed by atoms with van der Waals surface area (Å²) >= 11 is 0. The number of aromatic amines is 1. The first-order valence-corrected chi connectivity index (χ1v) is 5.60. The Morgan fingerprint density at radius 1 is 1.37 bits per heavy atom. The molecular weight excluding hydrogens is 248 g/mol. The van der Waals surface area contributed by atoms with Crippen molar-refractivity contribution in [2.24, 2.45) is 0 Å². The van der Waals surface area contributed by atoms with Crippen molar-refractivity contribution in [3.8, 4) is 11.8 Å². The molecule has 100 valence electrons. The molecule has 0 aliphatic heterocycles. The minimum Gasteiger partial charge on any atom is -0.497 e. The van der Waals surface area contributed by atoms with E-state index in [9.17, 15) is 4.79 Å². The molecule has 1 aromatic carbocycles. The summed E-state index contributed by atoms with van der Waals surface area (Å²) in [4.78, 5) is 15.7. The molecule has 1 aromatic heterocycles. The van der Waals surface area contributed by atoms with Crippen molar-refractivity contribution in [2.45, 2.75) is 6.42 Å². The molecule has 0 fully saturated rings. The molecule has 1 heterocycles. The van der Waals surface area contributed by atoms with Crippen molar-refractivity contribution in [1.29, 1.82) is 0 Å². The molecule has 0 bridgehead atoms. The van der Waals surface area contributed by atoms with Gasteiger partial charge in [-0.15, -0.1) is 5.10 Å². The third-order valence-corrected chi connectivity index (χ3v) is 2.40. The molecule has 7 heteroatoms. The van der Waals surface area contributed by atoms with Crippen molar-refractivity contribution in [2.75, 3.05) is 19.5 Å². The van der Waals surface area contributed by atoms with E-state index in [1.807, 2.05) is 18.2 Å². The Morgan fingerprint density at radius 2 is 2.21 bits per heavy atom. The monoisotopic (exact) mass is 262 g/mol. The third-order valence-electron chi connectivity index (χ3n) is 2.40. The highest BCUT2D eigenvalue weighted by Gasteiger charge is 2.08. The van der Waals surface area contributed by atoms with Crippen LogP contribution in [0.2, 0.25) is 0 Å². The van der Waals surface area contributed by atoms with Crippen LogP contribution in [-0.4, -0.2) is 35.3 Å². The predicted octanol–water partition coefficient (Wildman–Crippen LogP) is 1.00. The molecule has 0 spiro atoms. The number of anilines is 1. The topological polar surface area (TPSA) is 89.1 Å². The molecule has 0 unspecified atom stereocenters. The lowest BCUT2D eigenvalue weighted by atomic mass is 10.1. The highest BCUT2D eigenvalue weighted by molar-refractivity contribution is 5.90. The molecule has 0 radical (unpaired) electrons. The quantitative estimate of drug-likeness (QED) is 0.839. The van der Waals surface area contributed by atoms with E-state index in [1.54, 1.807) is 13.2 Å². The van der Waals surface area contributed by atoms with E-state index in [2.05, 4.69) is 20.5 Å². The Balaban J connectivity index is 1.96. The first kappa shape index (κ1) is 12.9.